The molecule has 0 radical (unpaired) electrons. The average molecular weight is 325 g/mol. The lowest BCUT2D eigenvalue weighted by molar-refractivity contribution is -0.137. The van der Waals surface area contributed by atoms with Gasteiger partial charge in [0, 0.05) is 44.5 Å². The van der Waals surface area contributed by atoms with E-state index in [1.165, 1.54) is 0 Å². The van der Waals surface area contributed by atoms with E-state index < -0.39 is 0 Å². The van der Waals surface area contributed by atoms with Gasteiger partial charge in [-0.1, -0.05) is 6.07 Å². The minimum atomic E-state index is -0.331. The van der Waals surface area contributed by atoms with Crippen molar-refractivity contribution in [3.63, 3.8) is 0 Å². The number of carbonyl (C=O) groups excluding carboxylic acids is 1. The lowest BCUT2D eigenvalue weighted by atomic mass is 9.97. The van der Waals surface area contributed by atoms with Crippen LogP contribution in [0.1, 0.15) is 37.3 Å². The Bertz CT molecular complexity index is 613. The van der Waals surface area contributed by atoms with E-state index in [1.54, 1.807) is 24.8 Å². The van der Waals surface area contributed by atoms with Crippen LogP contribution >= 0.6 is 0 Å². The molecule has 1 fully saturated rings. The van der Waals surface area contributed by atoms with E-state index in [4.69, 9.17) is 4.74 Å². The van der Waals surface area contributed by atoms with Gasteiger partial charge in [0.25, 0.3) is 0 Å². The Morgan fingerprint density at radius 3 is 2.62 bits per heavy atom. The molecule has 1 aliphatic rings. The van der Waals surface area contributed by atoms with Crippen molar-refractivity contribution in [1.29, 1.82) is 0 Å². The number of aromatic nitrogens is 2. The van der Waals surface area contributed by atoms with Crippen LogP contribution in [0.5, 0.6) is 0 Å². The van der Waals surface area contributed by atoms with Crippen molar-refractivity contribution in [2.45, 2.75) is 44.9 Å². The molecule has 3 heterocycles. The highest BCUT2D eigenvalue weighted by Crippen LogP contribution is 2.29. The highest BCUT2D eigenvalue weighted by molar-refractivity contribution is 5.77. The van der Waals surface area contributed by atoms with Crippen molar-refractivity contribution in [1.82, 2.24) is 14.9 Å². The molecule has 0 spiro atoms. The number of carbonyl (C=O) groups is 1. The van der Waals surface area contributed by atoms with Crippen molar-refractivity contribution in [2.75, 3.05) is 6.61 Å². The van der Waals surface area contributed by atoms with Gasteiger partial charge in [-0.15, -0.1) is 0 Å². The largest absolute Gasteiger partial charge is 0.375 e. The fraction of sp³-hybridized carbons (Fsp3) is 0.421. The van der Waals surface area contributed by atoms with Crippen LogP contribution in [0, 0.1) is 0 Å². The van der Waals surface area contributed by atoms with E-state index >= 15 is 0 Å². The predicted molar refractivity (Wildman–Crippen MR) is 90.9 cm³/mol. The number of amides is 1. The first-order valence-electron chi connectivity index (χ1n) is 8.34. The summed E-state index contributed by atoms with van der Waals surface area (Å²) in [6, 6.07) is 7.77. The van der Waals surface area contributed by atoms with Crippen molar-refractivity contribution in [3.05, 3.63) is 60.2 Å². The molecule has 2 aromatic rings. The van der Waals surface area contributed by atoms with Crippen LogP contribution in [0.15, 0.2) is 49.1 Å². The molecule has 1 unspecified atom stereocenters. The van der Waals surface area contributed by atoms with E-state index in [2.05, 4.69) is 9.97 Å². The Kier molecular flexibility index (Phi) is 5.20. The molecule has 0 aromatic carbocycles. The number of rotatable bonds is 6. The number of pyridine rings is 2. The molecule has 1 saturated heterocycles. The van der Waals surface area contributed by atoms with Gasteiger partial charge >= 0.3 is 0 Å². The molecule has 3 rings (SSSR count). The van der Waals surface area contributed by atoms with Crippen LogP contribution in [0.2, 0.25) is 0 Å². The van der Waals surface area contributed by atoms with Crippen molar-refractivity contribution < 1.29 is 9.53 Å². The van der Waals surface area contributed by atoms with E-state index in [0.717, 1.165) is 30.6 Å². The quantitative estimate of drug-likeness (QED) is 0.819. The molecule has 0 bridgehead atoms. The smallest absolute Gasteiger partial charge is 0.226 e. The van der Waals surface area contributed by atoms with E-state index in [1.807, 2.05) is 36.1 Å². The summed E-state index contributed by atoms with van der Waals surface area (Å²) in [7, 11) is 0. The van der Waals surface area contributed by atoms with Gasteiger partial charge in [-0.05, 0) is 49.1 Å². The first-order valence-corrected chi connectivity index (χ1v) is 8.34. The topological polar surface area (TPSA) is 55.3 Å². The van der Waals surface area contributed by atoms with E-state index in [-0.39, 0.29) is 11.5 Å². The minimum Gasteiger partial charge on any atom is -0.375 e. The summed E-state index contributed by atoms with van der Waals surface area (Å²) in [5.41, 5.74) is 1.76. The summed E-state index contributed by atoms with van der Waals surface area (Å²) >= 11 is 0. The summed E-state index contributed by atoms with van der Waals surface area (Å²) in [6.45, 7) is 3.89. The highest BCUT2D eigenvalue weighted by atomic mass is 16.5. The van der Waals surface area contributed by atoms with Crippen LogP contribution < -0.4 is 0 Å². The van der Waals surface area contributed by atoms with E-state index in [0.29, 0.717) is 19.5 Å². The molecule has 0 saturated carbocycles. The molecular formula is C19H23N3O2. The Hall–Kier alpha value is -2.27. The summed E-state index contributed by atoms with van der Waals surface area (Å²) < 4.78 is 5.79. The van der Waals surface area contributed by atoms with Crippen LogP contribution in [0.25, 0.3) is 0 Å². The molecular weight excluding hydrogens is 302 g/mol. The molecule has 126 valence electrons. The zero-order valence-electron chi connectivity index (χ0n) is 14.0. The average Bonchev–Trinajstić information content (AvgIpc) is 3.02. The standard InChI is InChI=1S/C19H23N3O2/c1-19(7-3-11-24-19)12-18(23)22(14-16-5-9-20-10-6-16)15-17-4-2-8-21-13-17/h2,4-6,8-10,13H,3,7,11-12,14-15H2,1H3. The Labute approximate surface area is 142 Å². The van der Waals surface area contributed by atoms with Crippen molar-refractivity contribution >= 4 is 5.91 Å². The minimum absolute atomic E-state index is 0.111. The van der Waals surface area contributed by atoms with Crippen LogP contribution in [-0.4, -0.2) is 33.0 Å². The second-order valence-electron chi connectivity index (χ2n) is 6.55. The Morgan fingerprint density at radius 1 is 1.17 bits per heavy atom. The van der Waals surface area contributed by atoms with Crippen LogP contribution in [0.3, 0.4) is 0 Å². The molecule has 1 amide bonds. The maximum atomic E-state index is 12.9. The second-order valence-corrected chi connectivity index (χ2v) is 6.55. The maximum absolute atomic E-state index is 12.9. The Morgan fingerprint density at radius 2 is 1.96 bits per heavy atom. The second kappa shape index (κ2) is 7.53. The normalized spacial score (nSPS) is 20.0. The van der Waals surface area contributed by atoms with Crippen molar-refractivity contribution in [3.8, 4) is 0 Å². The molecule has 5 nitrogen and oxygen atoms in total. The molecule has 1 atom stereocenters. The van der Waals surface area contributed by atoms with Gasteiger partial charge in [-0.2, -0.15) is 0 Å². The zero-order valence-corrected chi connectivity index (χ0v) is 14.0. The lowest BCUT2D eigenvalue weighted by Gasteiger charge is -2.28. The van der Waals surface area contributed by atoms with Gasteiger partial charge in [0.05, 0.1) is 12.0 Å². The number of hydrogen-bond acceptors (Lipinski definition) is 4. The molecule has 2 aromatic heterocycles. The number of hydrogen-bond donors (Lipinski definition) is 0. The summed E-state index contributed by atoms with van der Waals surface area (Å²) in [5, 5.41) is 0. The fourth-order valence-electron chi connectivity index (χ4n) is 3.06. The van der Waals surface area contributed by atoms with Gasteiger partial charge in [-0.3, -0.25) is 14.8 Å². The van der Waals surface area contributed by atoms with E-state index in [9.17, 15) is 4.79 Å². The lowest BCUT2D eigenvalue weighted by Crippen LogP contribution is -2.37. The van der Waals surface area contributed by atoms with Crippen LogP contribution in [0.4, 0.5) is 0 Å². The Balaban J connectivity index is 1.74. The SMILES string of the molecule is CC1(CC(=O)N(Cc2ccncc2)Cc2cccnc2)CCCO1. The highest BCUT2D eigenvalue weighted by Gasteiger charge is 2.34. The molecule has 0 aliphatic carbocycles. The molecule has 0 N–H and O–H groups in total. The third kappa shape index (κ3) is 4.38. The summed E-state index contributed by atoms with van der Waals surface area (Å²) in [6.07, 6.45) is 9.43. The molecule has 24 heavy (non-hydrogen) atoms. The predicted octanol–water partition coefficient (Wildman–Crippen LogP) is 2.96. The summed E-state index contributed by atoms with van der Waals surface area (Å²) in [4.78, 5) is 23.0. The van der Waals surface area contributed by atoms with Crippen molar-refractivity contribution in [2.24, 2.45) is 0 Å². The van der Waals surface area contributed by atoms with Crippen LogP contribution in [-0.2, 0) is 22.6 Å². The maximum Gasteiger partial charge on any atom is 0.226 e. The van der Waals surface area contributed by atoms with Gasteiger partial charge < -0.3 is 9.64 Å². The monoisotopic (exact) mass is 325 g/mol. The molecule has 5 heteroatoms. The zero-order chi connectivity index (χ0) is 16.8. The summed E-state index contributed by atoms with van der Waals surface area (Å²) in [5.74, 6) is 0.111. The number of nitrogens with zero attached hydrogens (tertiary/aromatic N) is 3. The van der Waals surface area contributed by atoms with Gasteiger partial charge in [0.2, 0.25) is 5.91 Å². The van der Waals surface area contributed by atoms with Gasteiger partial charge in [0.1, 0.15) is 0 Å². The molecule has 1 aliphatic heterocycles. The van der Waals surface area contributed by atoms with Gasteiger partial charge in [-0.25, -0.2) is 0 Å². The first-order chi connectivity index (χ1) is 11.6. The van der Waals surface area contributed by atoms with Gasteiger partial charge in [0.15, 0.2) is 0 Å². The third-order valence-electron chi connectivity index (χ3n) is 4.40. The fourth-order valence-corrected chi connectivity index (χ4v) is 3.06. The third-order valence-corrected chi connectivity index (χ3v) is 4.40. The number of ether oxygens (including phenoxy) is 1. The first kappa shape index (κ1) is 16.6.